The highest BCUT2D eigenvalue weighted by atomic mass is 16.5. The zero-order valence-corrected chi connectivity index (χ0v) is 8.55. The van der Waals surface area contributed by atoms with Crippen molar-refractivity contribution in [3.05, 3.63) is 12.2 Å². The lowest BCUT2D eigenvalue weighted by Crippen LogP contribution is -2.28. The van der Waals surface area contributed by atoms with Crippen LogP contribution in [0.25, 0.3) is 0 Å². The monoisotopic (exact) mass is 185 g/mol. The summed E-state index contributed by atoms with van der Waals surface area (Å²) in [5.41, 5.74) is 0.373. The van der Waals surface area contributed by atoms with E-state index in [1.54, 1.807) is 6.92 Å². The van der Waals surface area contributed by atoms with Crippen LogP contribution in [0, 0.1) is 0 Å². The number of rotatable bonds is 6. The third-order valence-corrected chi connectivity index (χ3v) is 1.82. The molecule has 0 spiro atoms. The largest absolute Gasteiger partial charge is 0.286 e. The van der Waals surface area contributed by atoms with Crippen LogP contribution >= 0.6 is 0 Å². The molecule has 13 heavy (non-hydrogen) atoms. The molecule has 0 aromatic rings. The first kappa shape index (κ1) is 12.2. The van der Waals surface area contributed by atoms with Crippen LogP contribution < -0.4 is 0 Å². The van der Waals surface area contributed by atoms with Gasteiger partial charge in [-0.1, -0.05) is 32.8 Å². The lowest BCUT2D eigenvalue weighted by Gasteiger charge is -2.14. The van der Waals surface area contributed by atoms with E-state index in [2.05, 4.69) is 13.5 Å². The van der Waals surface area contributed by atoms with Crippen molar-refractivity contribution in [2.24, 2.45) is 0 Å². The first-order chi connectivity index (χ1) is 6.09. The topological polar surface area (TPSA) is 40.5 Å². The molecule has 0 saturated carbocycles. The van der Waals surface area contributed by atoms with Crippen molar-refractivity contribution in [2.75, 3.05) is 6.54 Å². The maximum absolute atomic E-state index is 11.1. The van der Waals surface area contributed by atoms with E-state index >= 15 is 0 Å². The van der Waals surface area contributed by atoms with Gasteiger partial charge in [0.15, 0.2) is 0 Å². The number of hydrogen-bond donors (Lipinski definition) is 1. The van der Waals surface area contributed by atoms with Crippen LogP contribution in [0.1, 0.15) is 39.5 Å². The van der Waals surface area contributed by atoms with E-state index in [4.69, 9.17) is 0 Å². The molecule has 0 aromatic carbocycles. The molecule has 0 radical (unpaired) electrons. The summed E-state index contributed by atoms with van der Waals surface area (Å²) in [7, 11) is 0. The van der Waals surface area contributed by atoms with Gasteiger partial charge in [-0.3, -0.25) is 10.0 Å². The first-order valence-electron chi connectivity index (χ1n) is 4.75. The molecule has 76 valence electrons. The molecule has 0 bridgehead atoms. The Balaban J connectivity index is 3.56. The van der Waals surface area contributed by atoms with Crippen LogP contribution in [0.4, 0.5) is 0 Å². The van der Waals surface area contributed by atoms with Gasteiger partial charge in [-0.25, -0.2) is 5.06 Å². The molecule has 0 heterocycles. The van der Waals surface area contributed by atoms with Crippen LogP contribution in [0.3, 0.4) is 0 Å². The second kappa shape index (κ2) is 6.66. The minimum Gasteiger partial charge on any atom is -0.286 e. The number of hydroxylamine groups is 2. The fraction of sp³-hybridized carbons (Fsp3) is 0.700. The summed E-state index contributed by atoms with van der Waals surface area (Å²) in [5.74, 6) is -0.378. The van der Waals surface area contributed by atoms with Gasteiger partial charge in [0.2, 0.25) is 0 Å². The number of hydrogen-bond acceptors (Lipinski definition) is 2. The van der Waals surface area contributed by atoms with Crippen molar-refractivity contribution in [2.45, 2.75) is 39.5 Å². The Hall–Kier alpha value is -0.830. The van der Waals surface area contributed by atoms with Crippen molar-refractivity contribution < 1.29 is 10.0 Å². The predicted molar refractivity (Wildman–Crippen MR) is 52.5 cm³/mol. The Morgan fingerprint density at radius 3 is 2.46 bits per heavy atom. The molecule has 3 heteroatoms. The summed E-state index contributed by atoms with van der Waals surface area (Å²) < 4.78 is 0. The van der Waals surface area contributed by atoms with E-state index in [1.807, 2.05) is 0 Å². The third-order valence-electron chi connectivity index (χ3n) is 1.82. The molecule has 0 saturated heterocycles. The average Bonchev–Trinajstić information content (AvgIpc) is 2.10. The van der Waals surface area contributed by atoms with Crippen molar-refractivity contribution in [3.63, 3.8) is 0 Å². The summed E-state index contributed by atoms with van der Waals surface area (Å²) in [6.45, 7) is 7.59. The lowest BCUT2D eigenvalue weighted by molar-refractivity contribution is -0.160. The van der Waals surface area contributed by atoms with Gasteiger partial charge in [-0.15, -0.1) is 0 Å². The summed E-state index contributed by atoms with van der Waals surface area (Å²) in [4.78, 5) is 11.1. The Labute approximate surface area is 80.0 Å². The van der Waals surface area contributed by atoms with E-state index in [-0.39, 0.29) is 5.91 Å². The average molecular weight is 185 g/mol. The molecular formula is C10H19NO2. The zero-order valence-electron chi connectivity index (χ0n) is 8.55. The van der Waals surface area contributed by atoms with Gasteiger partial charge in [0.05, 0.1) is 0 Å². The Kier molecular flexibility index (Phi) is 6.24. The first-order valence-corrected chi connectivity index (χ1v) is 4.75. The lowest BCUT2D eigenvalue weighted by atomic mass is 10.2. The molecule has 0 rings (SSSR count). The molecule has 1 N–H and O–H groups in total. The minimum atomic E-state index is -0.378. The van der Waals surface area contributed by atoms with Crippen LogP contribution in [0.2, 0.25) is 0 Å². The van der Waals surface area contributed by atoms with E-state index in [1.165, 1.54) is 0 Å². The highest BCUT2D eigenvalue weighted by Crippen LogP contribution is 2.02. The minimum absolute atomic E-state index is 0.373. The molecule has 0 fully saturated rings. The van der Waals surface area contributed by atoms with Crippen LogP contribution in [0.15, 0.2) is 12.2 Å². The van der Waals surface area contributed by atoms with E-state index in [0.29, 0.717) is 12.1 Å². The molecule has 1 amide bonds. The Bertz CT molecular complexity index is 178. The SMILES string of the molecule is C=C(C)C(=O)N(O)CCCCCC. The highest BCUT2D eigenvalue weighted by Gasteiger charge is 2.09. The number of carbonyl (C=O) groups excluding carboxylic acids is 1. The van der Waals surface area contributed by atoms with Gasteiger partial charge in [0.25, 0.3) is 5.91 Å². The number of nitrogens with zero attached hydrogens (tertiary/aromatic N) is 1. The van der Waals surface area contributed by atoms with Crippen molar-refractivity contribution >= 4 is 5.91 Å². The van der Waals surface area contributed by atoms with Gasteiger partial charge in [-0.05, 0) is 13.3 Å². The Morgan fingerprint density at radius 2 is 2.00 bits per heavy atom. The van der Waals surface area contributed by atoms with E-state index in [0.717, 1.165) is 30.7 Å². The molecule has 0 unspecified atom stereocenters. The molecular weight excluding hydrogens is 166 g/mol. The molecule has 0 aromatic heterocycles. The van der Waals surface area contributed by atoms with Crippen LogP contribution in [0.5, 0.6) is 0 Å². The molecule has 0 aliphatic carbocycles. The normalized spacial score (nSPS) is 9.77. The molecule has 0 aliphatic heterocycles. The fourth-order valence-electron chi connectivity index (χ4n) is 1.01. The zero-order chi connectivity index (χ0) is 10.3. The van der Waals surface area contributed by atoms with E-state index in [9.17, 15) is 10.0 Å². The van der Waals surface area contributed by atoms with Crippen LogP contribution in [-0.2, 0) is 4.79 Å². The van der Waals surface area contributed by atoms with Crippen molar-refractivity contribution in [1.29, 1.82) is 0 Å². The van der Waals surface area contributed by atoms with Crippen molar-refractivity contribution in [3.8, 4) is 0 Å². The summed E-state index contributed by atoms with van der Waals surface area (Å²) in [6.07, 6.45) is 4.20. The standard InChI is InChI=1S/C10H19NO2/c1-4-5-6-7-8-11(13)10(12)9(2)3/h13H,2,4-8H2,1,3H3. The summed E-state index contributed by atoms with van der Waals surface area (Å²) >= 11 is 0. The maximum Gasteiger partial charge on any atom is 0.272 e. The van der Waals surface area contributed by atoms with Crippen LogP contribution in [-0.4, -0.2) is 22.7 Å². The predicted octanol–water partition coefficient (Wildman–Crippen LogP) is 2.36. The van der Waals surface area contributed by atoms with Gasteiger partial charge < -0.3 is 0 Å². The Morgan fingerprint density at radius 1 is 1.38 bits per heavy atom. The van der Waals surface area contributed by atoms with Gasteiger partial charge in [0, 0.05) is 12.1 Å². The third kappa shape index (κ3) is 5.42. The summed E-state index contributed by atoms with van der Waals surface area (Å²) in [6, 6.07) is 0. The maximum atomic E-state index is 11.1. The quantitative estimate of drug-likeness (QED) is 0.299. The second-order valence-corrected chi connectivity index (χ2v) is 3.27. The van der Waals surface area contributed by atoms with Gasteiger partial charge in [-0.2, -0.15) is 0 Å². The fourth-order valence-corrected chi connectivity index (χ4v) is 1.01. The number of unbranched alkanes of at least 4 members (excludes halogenated alkanes) is 3. The molecule has 0 aliphatic rings. The van der Waals surface area contributed by atoms with E-state index < -0.39 is 0 Å². The molecule has 3 nitrogen and oxygen atoms in total. The number of amides is 1. The second-order valence-electron chi connectivity index (χ2n) is 3.27. The van der Waals surface area contributed by atoms with Gasteiger partial charge >= 0.3 is 0 Å². The van der Waals surface area contributed by atoms with Crippen molar-refractivity contribution in [1.82, 2.24) is 5.06 Å². The smallest absolute Gasteiger partial charge is 0.272 e. The number of carbonyl (C=O) groups is 1. The van der Waals surface area contributed by atoms with Gasteiger partial charge in [0.1, 0.15) is 0 Å². The highest BCUT2D eigenvalue weighted by molar-refractivity contribution is 5.91. The summed E-state index contributed by atoms with van der Waals surface area (Å²) in [5, 5.41) is 9.96. The molecule has 0 atom stereocenters.